The highest BCUT2D eigenvalue weighted by Crippen LogP contribution is 2.54. The van der Waals surface area contributed by atoms with Gasteiger partial charge >= 0.3 is 0 Å². The highest BCUT2D eigenvalue weighted by Gasteiger charge is 2.60. The van der Waals surface area contributed by atoms with E-state index in [1.54, 1.807) is 11.7 Å². The first-order chi connectivity index (χ1) is 19.3. The van der Waals surface area contributed by atoms with E-state index in [0.717, 1.165) is 54.8 Å². The number of nitrogens with zero attached hydrogens (tertiary/aromatic N) is 4. The Labute approximate surface area is 238 Å². The van der Waals surface area contributed by atoms with E-state index >= 15 is 0 Å². The summed E-state index contributed by atoms with van der Waals surface area (Å²) < 4.78 is 12.1. The smallest absolute Gasteiger partial charge is 0.265 e. The number of carbonyl (C=O) groups is 2. The van der Waals surface area contributed by atoms with E-state index in [9.17, 15) is 9.59 Å². The van der Waals surface area contributed by atoms with E-state index in [2.05, 4.69) is 37.0 Å². The van der Waals surface area contributed by atoms with Gasteiger partial charge in [0.25, 0.3) is 5.91 Å². The summed E-state index contributed by atoms with van der Waals surface area (Å²) in [7, 11) is 0. The van der Waals surface area contributed by atoms with Crippen LogP contribution in [0.5, 0.6) is 5.75 Å². The predicted molar refractivity (Wildman–Crippen MR) is 152 cm³/mol. The Balaban J connectivity index is 1.11. The molecule has 9 heteroatoms. The van der Waals surface area contributed by atoms with Crippen molar-refractivity contribution in [1.29, 1.82) is 0 Å². The molecule has 0 unspecified atom stereocenters. The number of aromatic nitrogens is 2. The van der Waals surface area contributed by atoms with E-state index in [4.69, 9.17) is 14.5 Å². The third kappa shape index (κ3) is 4.57. The molecule has 1 saturated carbocycles. The van der Waals surface area contributed by atoms with Crippen LogP contribution in [0.3, 0.4) is 0 Å². The van der Waals surface area contributed by atoms with Crippen molar-refractivity contribution in [3.05, 3.63) is 52.6 Å². The van der Waals surface area contributed by atoms with Crippen LogP contribution >= 0.6 is 11.3 Å². The Bertz CT molecular complexity index is 1430. The summed E-state index contributed by atoms with van der Waals surface area (Å²) >= 11 is 1.37. The number of para-hydroxylation sites is 1. The van der Waals surface area contributed by atoms with Gasteiger partial charge in [-0.25, -0.2) is 4.98 Å². The first-order valence-corrected chi connectivity index (χ1v) is 15.3. The van der Waals surface area contributed by atoms with Gasteiger partial charge in [0.2, 0.25) is 5.91 Å². The molecule has 7 rings (SSSR count). The van der Waals surface area contributed by atoms with Gasteiger partial charge in [-0.1, -0.05) is 32.0 Å². The third-order valence-corrected chi connectivity index (χ3v) is 10.4. The van der Waals surface area contributed by atoms with Gasteiger partial charge in [0.15, 0.2) is 0 Å². The normalized spacial score (nSPS) is 25.2. The maximum Gasteiger partial charge on any atom is 0.265 e. The number of thiazole rings is 1. The first kappa shape index (κ1) is 25.9. The van der Waals surface area contributed by atoms with Crippen LogP contribution in [0.25, 0.3) is 10.9 Å². The molecule has 1 spiro atoms. The quantitative estimate of drug-likeness (QED) is 0.438. The van der Waals surface area contributed by atoms with Gasteiger partial charge in [-0.15, -0.1) is 11.3 Å². The lowest BCUT2D eigenvalue weighted by Gasteiger charge is -2.51. The second kappa shape index (κ2) is 9.80. The van der Waals surface area contributed by atoms with Crippen molar-refractivity contribution in [2.24, 2.45) is 22.7 Å². The molecule has 0 N–H and O–H groups in total. The molecule has 0 radical (unpaired) electrons. The van der Waals surface area contributed by atoms with Crippen LogP contribution in [0.4, 0.5) is 0 Å². The Morgan fingerprint density at radius 2 is 1.88 bits per heavy atom. The predicted octanol–water partition coefficient (Wildman–Crippen LogP) is 4.61. The standard InChI is InChI=1S/C31H36N4O4S/c1-30(2)12-23(30)28(36)35-17-31(18-35)16-34(29(37)26-13-32-19-40-26)14-22(31)15-39-25-5-3-4-21-6-7-24(33-27(21)25)20-8-10-38-11-9-20/h3-7,13,19-20,22-23H,8-12,14-18H2,1-2H3/t22-,23+/m0/s1. The van der Waals surface area contributed by atoms with E-state index < -0.39 is 0 Å². The van der Waals surface area contributed by atoms with Crippen LogP contribution in [-0.4, -0.2) is 77.6 Å². The highest BCUT2D eigenvalue weighted by molar-refractivity contribution is 7.11. The summed E-state index contributed by atoms with van der Waals surface area (Å²) in [4.78, 5) is 40.2. The molecular weight excluding hydrogens is 524 g/mol. The van der Waals surface area contributed by atoms with Crippen molar-refractivity contribution in [1.82, 2.24) is 19.8 Å². The molecule has 1 aromatic carbocycles. The number of likely N-dealkylation sites (tertiary alicyclic amines) is 2. The lowest BCUT2D eigenvalue weighted by molar-refractivity contribution is -0.148. The molecule has 0 bridgehead atoms. The van der Waals surface area contributed by atoms with Crippen molar-refractivity contribution in [2.45, 2.75) is 39.0 Å². The maximum atomic E-state index is 13.3. The monoisotopic (exact) mass is 560 g/mol. The minimum atomic E-state index is -0.152. The molecule has 8 nitrogen and oxygen atoms in total. The second-order valence-corrected chi connectivity index (χ2v) is 13.7. The summed E-state index contributed by atoms with van der Waals surface area (Å²) in [5.41, 5.74) is 3.64. The number of carbonyl (C=O) groups excluding carboxylic acids is 2. The van der Waals surface area contributed by atoms with Crippen molar-refractivity contribution in [2.75, 3.05) is 46.0 Å². The number of benzene rings is 1. The number of pyridine rings is 1. The van der Waals surface area contributed by atoms with Crippen molar-refractivity contribution in [3.63, 3.8) is 0 Å². The van der Waals surface area contributed by atoms with Crippen molar-refractivity contribution >= 4 is 34.1 Å². The topological polar surface area (TPSA) is 84.9 Å². The molecule has 210 valence electrons. The van der Waals surface area contributed by atoms with Crippen LogP contribution in [0.2, 0.25) is 0 Å². The number of hydrogen-bond acceptors (Lipinski definition) is 7. The third-order valence-electron chi connectivity index (χ3n) is 9.66. The van der Waals surface area contributed by atoms with Gasteiger partial charge in [-0.05, 0) is 36.8 Å². The van der Waals surface area contributed by atoms with Gasteiger partial charge in [0.05, 0.1) is 18.3 Å². The van der Waals surface area contributed by atoms with E-state index in [0.29, 0.717) is 43.6 Å². The summed E-state index contributed by atoms with van der Waals surface area (Å²) in [6.07, 6.45) is 4.58. The zero-order valence-electron chi connectivity index (χ0n) is 23.2. The summed E-state index contributed by atoms with van der Waals surface area (Å²) in [6.45, 7) is 8.97. The van der Waals surface area contributed by atoms with Gasteiger partial charge in [-0.2, -0.15) is 0 Å². The molecule has 3 aliphatic heterocycles. The molecule has 2 atom stereocenters. The zero-order chi connectivity index (χ0) is 27.5. The molecule has 4 fully saturated rings. The fraction of sp³-hybridized carbons (Fsp3) is 0.548. The molecule has 3 saturated heterocycles. The Kier molecular flexibility index (Phi) is 6.35. The van der Waals surface area contributed by atoms with Crippen molar-refractivity contribution < 1.29 is 19.1 Å². The average molecular weight is 561 g/mol. The Morgan fingerprint density at radius 3 is 2.60 bits per heavy atom. The molecule has 5 heterocycles. The molecular formula is C31H36N4O4S. The molecule has 4 aliphatic rings. The Hall–Kier alpha value is -3.04. The minimum absolute atomic E-state index is 0.0189. The van der Waals surface area contributed by atoms with E-state index in [1.807, 2.05) is 21.9 Å². The van der Waals surface area contributed by atoms with Gasteiger partial charge < -0.3 is 19.3 Å². The number of ether oxygens (including phenoxy) is 2. The molecule has 3 aromatic rings. The highest BCUT2D eigenvalue weighted by atomic mass is 32.1. The van der Waals surface area contributed by atoms with E-state index in [-0.39, 0.29) is 34.5 Å². The van der Waals surface area contributed by atoms with E-state index in [1.165, 1.54) is 11.3 Å². The minimum Gasteiger partial charge on any atom is -0.491 e. The van der Waals surface area contributed by atoms with Crippen LogP contribution in [0, 0.1) is 22.7 Å². The number of hydrogen-bond donors (Lipinski definition) is 0. The van der Waals surface area contributed by atoms with Crippen LogP contribution in [-0.2, 0) is 9.53 Å². The molecule has 1 aliphatic carbocycles. The van der Waals surface area contributed by atoms with Gasteiger partial charge in [-0.3, -0.25) is 14.6 Å². The van der Waals surface area contributed by atoms with Gasteiger partial charge in [0.1, 0.15) is 16.1 Å². The SMILES string of the molecule is CC1(C)C[C@@H]1C(=O)N1CC2(CN(C(=O)c3cncs3)C[C@H]2COc2cccc3ccc(C4CCOCC4)nc23)C1. The maximum absolute atomic E-state index is 13.3. The number of fused-ring (bicyclic) bond motifs is 1. The summed E-state index contributed by atoms with van der Waals surface area (Å²) in [5, 5.41) is 1.06. The van der Waals surface area contributed by atoms with Crippen LogP contribution in [0.1, 0.15) is 54.4 Å². The molecule has 2 amide bonds. The first-order valence-electron chi connectivity index (χ1n) is 14.4. The lowest BCUT2D eigenvalue weighted by Crippen LogP contribution is -2.63. The van der Waals surface area contributed by atoms with Gasteiger partial charge in [0, 0.05) is 73.6 Å². The summed E-state index contributed by atoms with van der Waals surface area (Å²) in [6, 6.07) is 10.4. The second-order valence-electron chi connectivity index (χ2n) is 12.8. The zero-order valence-corrected chi connectivity index (χ0v) is 24.0. The summed E-state index contributed by atoms with van der Waals surface area (Å²) in [5.74, 6) is 1.72. The van der Waals surface area contributed by atoms with Crippen LogP contribution < -0.4 is 4.74 Å². The number of amides is 2. The number of rotatable bonds is 6. The fourth-order valence-electron chi connectivity index (χ4n) is 6.89. The average Bonchev–Trinajstić information content (AvgIpc) is 3.32. The van der Waals surface area contributed by atoms with Crippen LogP contribution in [0.15, 0.2) is 42.0 Å². The Morgan fingerprint density at radius 1 is 1.10 bits per heavy atom. The largest absolute Gasteiger partial charge is 0.491 e. The molecule has 40 heavy (non-hydrogen) atoms. The fourth-order valence-corrected chi connectivity index (χ4v) is 7.48. The molecule has 2 aromatic heterocycles. The lowest BCUT2D eigenvalue weighted by atomic mass is 9.71. The van der Waals surface area contributed by atoms with Crippen molar-refractivity contribution in [3.8, 4) is 5.75 Å².